The number of aryl methyl sites for hydroxylation is 1. The fraction of sp³-hybridized carbons (Fsp3) is 0.250. The summed E-state index contributed by atoms with van der Waals surface area (Å²) in [7, 11) is -2.61. The Bertz CT molecular complexity index is 1100. The monoisotopic (exact) mass is 386 g/mol. The summed E-state index contributed by atoms with van der Waals surface area (Å²) in [4.78, 5) is 12.2. The van der Waals surface area contributed by atoms with Crippen LogP contribution >= 0.6 is 0 Å². The number of aromatic nitrogens is 1. The summed E-state index contributed by atoms with van der Waals surface area (Å²) in [6.45, 7) is 3.42. The molecule has 0 unspecified atom stereocenters. The van der Waals surface area contributed by atoms with Gasteiger partial charge in [-0.1, -0.05) is 35.9 Å². The molecule has 0 radical (unpaired) electrons. The van der Waals surface area contributed by atoms with E-state index in [1.54, 1.807) is 42.5 Å². The number of para-hydroxylation sites is 1. The molecule has 3 rings (SSSR count). The molecule has 3 aromatic rings. The Morgan fingerprint density at radius 2 is 1.78 bits per heavy atom. The molecule has 6 nitrogen and oxygen atoms in total. The van der Waals surface area contributed by atoms with E-state index in [4.69, 9.17) is 10.5 Å². The van der Waals surface area contributed by atoms with Gasteiger partial charge in [-0.15, -0.1) is 0 Å². The molecule has 0 spiro atoms. The number of carbonyl (C=O) groups excluding carboxylic acids is 1. The highest BCUT2D eigenvalue weighted by Crippen LogP contribution is 2.28. The molecule has 0 bridgehead atoms. The molecule has 0 aliphatic heterocycles. The Labute approximate surface area is 158 Å². The van der Waals surface area contributed by atoms with Crippen molar-refractivity contribution in [3.05, 3.63) is 65.9 Å². The van der Waals surface area contributed by atoms with Crippen molar-refractivity contribution in [3.63, 3.8) is 0 Å². The molecular weight excluding hydrogens is 364 g/mol. The summed E-state index contributed by atoms with van der Waals surface area (Å²) in [6, 6.07) is 15.6. The van der Waals surface area contributed by atoms with Crippen LogP contribution in [0.1, 0.15) is 18.2 Å². The van der Waals surface area contributed by atoms with Crippen LogP contribution in [0.15, 0.2) is 59.5 Å². The van der Waals surface area contributed by atoms with Crippen LogP contribution in [0, 0.1) is 6.92 Å². The van der Waals surface area contributed by atoms with Gasteiger partial charge < -0.3 is 10.5 Å². The maximum absolute atomic E-state index is 13.4. The van der Waals surface area contributed by atoms with E-state index in [1.807, 2.05) is 19.1 Å². The highest BCUT2D eigenvalue weighted by Gasteiger charge is 2.33. The first kappa shape index (κ1) is 19.1. The molecular formula is C20H22N2O4S. The van der Waals surface area contributed by atoms with Crippen LogP contribution in [-0.4, -0.2) is 31.0 Å². The minimum Gasteiger partial charge on any atom is -0.468 e. The van der Waals surface area contributed by atoms with Gasteiger partial charge in [-0.2, -0.15) is 0 Å². The quantitative estimate of drug-likeness (QED) is 0.681. The van der Waals surface area contributed by atoms with Gasteiger partial charge in [0.25, 0.3) is 10.0 Å². The number of esters is 1. The Hall–Kier alpha value is -2.64. The van der Waals surface area contributed by atoms with E-state index >= 15 is 0 Å². The lowest BCUT2D eigenvalue weighted by atomic mass is 9.97. The minimum absolute atomic E-state index is 0.0133. The second-order valence-corrected chi connectivity index (χ2v) is 8.65. The molecule has 0 amide bonds. The minimum atomic E-state index is -3.87. The van der Waals surface area contributed by atoms with Crippen LogP contribution in [0.4, 0.5) is 0 Å². The number of nitrogens with two attached hydrogens (primary N) is 1. The Kier molecular flexibility index (Phi) is 4.84. The number of carbonyl (C=O) groups is 1. The molecule has 0 saturated carbocycles. The summed E-state index contributed by atoms with van der Waals surface area (Å²) in [5.41, 5.74) is 6.68. The van der Waals surface area contributed by atoms with Gasteiger partial charge in [-0.25, -0.2) is 12.4 Å². The van der Waals surface area contributed by atoms with Crippen LogP contribution in [0.3, 0.4) is 0 Å². The second kappa shape index (κ2) is 6.83. The Balaban J connectivity index is 2.22. The second-order valence-electron chi connectivity index (χ2n) is 6.86. The molecule has 2 N–H and O–H groups in total. The maximum atomic E-state index is 13.4. The van der Waals surface area contributed by atoms with E-state index in [2.05, 4.69) is 0 Å². The zero-order valence-corrected chi connectivity index (χ0v) is 16.3. The summed E-state index contributed by atoms with van der Waals surface area (Å²) < 4.78 is 32.8. The van der Waals surface area contributed by atoms with Crippen molar-refractivity contribution >= 4 is 26.9 Å². The molecule has 1 atom stereocenters. The fourth-order valence-electron chi connectivity index (χ4n) is 3.09. The molecule has 2 aromatic carbocycles. The summed E-state index contributed by atoms with van der Waals surface area (Å²) >= 11 is 0. The number of hydrogen-bond acceptors (Lipinski definition) is 5. The first-order valence-corrected chi connectivity index (χ1v) is 9.90. The van der Waals surface area contributed by atoms with Gasteiger partial charge in [0, 0.05) is 17.5 Å². The van der Waals surface area contributed by atoms with Crippen molar-refractivity contribution in [1.82, 2.24) is 3.97 Å². The fourth-order valence-corrected chi connectivity index (χ4v) is 4.63. The largest absolute Gasteiger partial charge is 0.468 e. The smallest absolute Gasteiger partial charge is 0.325 e. The summed E-state index contributed by atoms with van der Waals surface area (Å²) in [6.07, 6.45) is 0.0133. The van der Waals surface area contributed by atoms with Gasteiger partial charge in [0.1, 0.15) is 5.54 Å². The van der Waals surface area contributed by atoms with Crippen LogP contribution < -0.4 is 5.73 Å². The van der Waals surface area contributed by atoms with Crippen molar-refractivity contribution in [2.45, 2.75) is 30.7 Å². The van der Waals surface area contributed by atoms with E-state index < -0.39 is 21.5 Å². The number of rotatable bonds is 5. The number of hydrogen-bond donors (Lipinski definition) is 1. The molecule has 27 heavy (non-hydrogen) atoms. The van der Waals surface area contributed by atoms with Crippen LogP contribution in [0.25, 0.3) is 10.9 Å². The average molecular weight is 386 g/mol. The SMILES string of the molecule is COC(=O)[C@@](C)(N)Cc1cc2ccccc2n1S(=O)(=O)c1ccc(C)cc1. The molecule has 0 aliphatic rings. The number of methoxy groups -OCH3 is 1. The van der Waals surface area contributed by atoms with E-state index in [1.165, 1.54) is 18.0 Å². The Morgan fingerprint density at radius 1 is 1.15 bits per heavy atom. The zero-order valence-electron chi connectivity index (χ0n) is 15.5. The highest BCUT2D eigenvalue weighted by atomic mass is 32.2. The van der Waals surface area contributed by atoms with Crippen molar-refractivity contribution in [1.29, 1.82) is 0 Å². The van der Waals surface area contributed by atoms with Crippen LogP contribution in [0.5, 0.6) is 0 Å². The predicted molar refractivity (Wildman–Crippen MR) is 104 cm³/mol. The first-order valence-electron chi connectivity index (χ1n) is 8.46. The third-order valence-corrected chi connectivity index (χ3v) is 6.28. The van der Waals surface area contributed by atoms with Crippen LogP contribution in [-0.2, 0) is 26.0 Å². The molecule has 0 saturated heterocycles. The summed E-state index contributed by atoms with van der Waals surface area (Å²) in [5.74, 6) is -0.605. The predicted octanol–water partition coefficient (Wildman–Crippen LogP) is 2.62. The van der Waals surface area contributed by atoms with Gasteiger partial charge in [0.15, 0.2) is 0 Å². The Morgan fingerprint density at radius 3 is 2.41 bits per heavy atom. The molecule has 1 aromatic heterocycles. The van der Waals surface area contributed by atoms with Crippen molar-refractivity contribution < 1.29 is 17.9 Å². The van der Waals surface area contributed by atoms with E-state index in [0.717, 1.165) is 10.9 Å². The number of ether oxygens (including phenoxy) is 1. The van der Waals surface area contributed by atoms with Crippen molar-refractivity contribution in [2.24, 2.45) is 5.73 Å². The first-order chi connectivity index (χ1) is 12.7. The maximum Gasteiger partial charge on any atom is 0.325 e. The third-order valence-electron chi connectivity index (χ3n) is 4.50. The molecule has 0 aliphatic carbocycles. The van der Waals surface area contributed by atoms with Gasteiger partial charge in [0.2, 0.25) is 0 Å². The highest BCUT2D eigenvalue weighted by molar-refractivity contribution is 7.90. The van der Waals surface area contributed by atoms with Gasteiger partial charge >= 0.3 is 5.97 Å². The lowest BCUT2D eigenvalue weighted by Crippen LogP contribution is -2.48. The standard InChI is InChI=1S/C20H22N2O4S/c1-14-8-10-17(11-9-14)27(24,25)22-16(13-20(2,21)19(23)26-3)12-15-6-4-5-7-18(15)22/h4-12H,13,21H2,1-3H3/t20-/m0/s1. The molecule has 1 heterocycles. The number of fused-ring (bicyclic) bond motifs is 1. The lowest BCUT2D eigenvalue weighted by molar-refractivity contribution is -0.146. The normalized spacial score (nSPS) is 14.1. The molecule has 7 heteroatoms. The molecule has 142 valence electrons. The van der Waals surface area contributed by atoms with Crippen LogP contribution in [0.2, 0.25) is 0 Å². The van der Waals surface area contributed by atoms with Gasteiger partial charge in [0.05, 0.1) is 17.5 Å². The van der Waals surface area contributed by atoms with Crippen molar-refractivity contribution in [3.8, 4) is 0 Å². The van der Waals surface area contributed by atoms with Gasteiger partial charge in [-0.3, -0.25) is 4.79 Å². The number of benzene rings is 2. The third kappa shape index (κ3) is 3.48. The van der Waals surface area contributed by atoms with E-state index in [9.17, 15) is 13.2 Å². The topological polar surface area (TPSA) is 91.4 Å². The van der Waals surface area contributed by atoms with E-state index in [0.29, 0.717) is 11.2 Å². The van der Waals surface area contributed by atoms with Gasteiger partial charge in [-0.05, 0) is 38.1 Å². The summed E-state index contributed by atoms with van der Waals surface area (Å²) in [5, 5.41) is 0.754. The average Bonchev–Trinajstić information content (AvgIpc) is 2.99. The van der Waals surface area contributed by atoms with E-state index in [-0.39, 0.29) is 11.3 Å². The van der Waals surface area contributed by atoms with Crippen molar-refractivity contribution in [2.75, 3.05) is 7.11 Å². The zero-order chi connectivity index (χ0) is 19.8. The molecule has 0 fully saturated rings. The number of nitrogens with zero attached hydrogens (tertiary/aromatic N) is 1. The lowest BCUT2D eigenvalue weighted by Gasteiger charge is -2.22.